The minimum Gasteiger partial charge on any atom is -0.304 e. The summed E-state index contributed by atoms with van der Waals surface area (Å²) in [4.78, 5) is 16.1. The van der Waals surface area contributed by atoms with Gasteiger partial charge in [-0.2, -0.15) is 5.10 Å². The Labute approximate surface area is 130 Å². The summed E-state index contributed by atoms with van der Waals surface area (Å²) < 4.78 is 14.5. The lowest BCUT2D eigenvalue weighted by Crippen LogP contribution is -2.13. The number of aromatic nitrogens is 3. The number of hydrogen-bond donors (Lipinski definition) is 1. The van der Waals surface area contributed by atoms with E-state index in [-0.39, 0.29) is 11.7 Å². The van der Waals surface area contributed by atoms with Gasteiger partial charge in [-0.25, -0.2) is 9.37 Å². The van der Waals surface area contributed by atoms with E-state index in [0.29, 0.717) is 18.1 Å². The first-order valence-corrected chi connectivity index (χ1v) is 7.49. The molecule has 0 aliphatic rings. The Hall–Kier alpha value is -2.54. The summed E-state index contributed by atoms with van der Waals surface area (Å²) in [5, 5.41) is 9.52. The number of carbonyl (C=O) groups excluding carboxylic acids is 1. The van der Waals surface area contributed by atoms with E-state index in [9.17, 15) is 9.18 Å². The van der Waals surface area contributed by atoms with E-state index in [1.807, 2.05) is 6.92 Å². The predicted octanol–water partition coefficient (Wildman–Crippen LogP) is 3.09. The average Bonchev–Trinajstić information content (AvgIpc) is 3.11. The van der Waals surface area contributed by atoms with Gasteiger partial charge in [0.05, 0.1) is 11.6 Å². The van der Waals surface area contributed by atoms with Gasteiger partial charge >= 0.3 is 0 Å². The molecule has 0 radical (unpaired) electrons. The van der Waals surface area contributed by atoms with Crippen molar-refractivity contribution in [1.82, 2.24) is 14.8 Å². The van der Waals surface area contributed by atoms with Crippen LogP contribution in [-0.2, 0) is 6.54 Å². The van der Waals surface area contributed by atoms with E-state index in [1.54, 1.807) is 34.5 Å². The summed E-state index contributed by atoms with van der Waals surface area (Å²) in [6.45, 7) is 2.35. The Bertz CT molecular complexity index is 794. The van der Waals surface area contributed by atoms with Crippen LogP contribution in [0.25, 0.3) is 0 Å². The number of anilines is 1. The standard InChI is InChI=1S/C15H13FN4OS/c1-10-17-13(9-22-10)15(21)18-14-6-7-20(19-14)8-11-2-4-12(16)5-3-11/h2-7,9H,8H2,1H3,(H,18,19,21). The molecule has 1 amide bonds. The first-order chi connectivity index (χ1) is 10.6. The quantitative estimate of drug-likeness (QED) is 0.804. The molecule has 22 heavy (non-hydrogen) atoms. The third-order valence-electron chi connectivity index (χ3n) is 2.99. The lowest BCUT2D eigenvalue weighted by Gasteiger charge is -2.02. The molecule has 0 unspecified atom stereocenters. The number of rotatable bonds is 4. The predicted molar refractivity (Wildman–Crippen MR) is 82.5 cm³/mol. The molecule has 7 heteroatoms. The molecule has 1 aromatic carbocycles. The van der Waals surface area contributed by atoms with Crippen molar-refractivity contribution in [3.63, 3.8) is 0 Å². The number of carbonyl (C=O) groups is 1. The van der Waals surface area contributed by atoms with Crippen LogP contribution in [0.15, 0.2) is 41.9 Å². The van der Waals surface area contributed by atoms with E-state index in [1.165, 1.54) is 23.5 Å². The topological polar surface area (TPSA) is 59.8 Å². The van der Waals surface area contributed by atoms with Crippen molar-refractivity contribution < 1.29 is 9.18 Å². The van der Waals surface area contributed by atoms with Crippen LogP contribution in [0, 0.1) is 12.7 Å². The van der Waals surface area contributed by atoms with Crippen molar-refractivity contribution in [2.24, 2.45) is 0 Å². The Kier molecular flexibility index (Phi) is 3.97. The van der Waals surface area contributed by atoms with Gasteiger partial charge in [-0.1, -0.05) is 12.1 Å². The zero-order valence-corrected chi connectivity index (χ0v) is 12.6. The molecule has 5 nitrogen and oxygen atoms in total. The van der Waals surface area contributed by atoms with Crippen LogP contribution in [-0.4, -0.2) is 20.7 Å². The van der Waals surface area contributed by atoms with Gasteiger partial charge in [0, 0.05) is 17.6 Å². The highest BCUT2D eigenvalue weighted by molar-refractivity contribution is 7.09. The second-order valence-corrected chi connectivity index (χ2v) is 5.79. The lowest BCUT2D eigenvalue weighted by atomic mass is 10.2. The minimum atomic E-state index is -0.281. The fourth-order valence-corrected chi connectivity index (χ4v) is 2.53. The highest BCUT2D eigenvalue weighted by Gasteiger charge is 2.11. The molecule has 2 aromatic heterocycles. The second kappa shape index (κ2) is 6.07. The van der Waals surface area contributed by atoms with Crippen molar-refractivity contribution in [3.05, 3.63) is 64.0 Å². The smallest absolute Gasteiger partial charge is 0.276 e. The Morgan fingerprint density at radius 1 is 1.32 bits per heavy atom. The summed E-state index contributed by atoms with van der Waals surface area (Å²) >= 11 is 1.42. The van der Waals surface area contributed by atoms with Gasteiger partial charge in [-0.15, -0.1) is 11.3 Å². The molecule has 0 fully saturated rings. The summed E-state index contributed by atoms with van der Waals surface area (Å²) in [6, 6.07) is 7.93. The summed E-state index contributed by atoms with van der Waals surface area (Å²) in [7, 11) is 0. The zero-order valence-electron chi connectivity index (χ0n) is 11.8. The largest absolute Gasteiger partial charge is 0.304 e. The molecule has 3 aromatic rings. The maximum Gasteiger partial charge on any atom is 0.276 e. The Balaban J connectivity index is 1.66. The van der Waals surface area contributed by atoms with Crippen molar-refractivity contribution in [2.75, 3.05) is 5.32 Å². The van der Waals surface area contributed by atoms with Crippen LogP contribution in [0.3, 0.4) is 0 Å². The molecule has 0 bridgehead atoms. The molecule has 0 atom stereocenters. The van der Waals surface area contributed by atoms with Crippen LogP contribution >= 0.6 is 11.3 Å². The van der Waals surface area contributed by atoms with Gasteiger partial charge < -0.3 is 5.32 Å². The summed E-state index contributed by atoms with van der Waals surface area (Å²) in [6.07, 6.45) is 1.76. The molecule has 0 saturated heterocycles. The SMILES string of the molecule is Cc1nc(C(=O)Nc2ccn(Cc3ccc(F)cc3)n2)cs1. The minimum absolute atomic E-state index is 0.268. The van der Waals surface area contributed by atoms with E-state index < -0.39 is 0 Å². The van der Waals surface area contributed by atoms with Crippen LogP contribution < -0.4 is 5.32 Å². The molecule has 0 aliphatic heterocycles. The van der Waals surface area contributed by atoms with Gasteiger partial charge in [0.1, 0.15) is 11.5 Å². The molecule has 112 valence electrons. The third kappa shape index (κ3) is 3.37. The first-order valence-electron chi connectivity index (χ1n) is 6.61. The van der Waals surface area contributed by atoms with E-state index in [0.717, 1.165) is 10.6 Å². The molecule has 2 heterocycles. The van der Waals surface area contributed by atoms with Crippen molar-refractivity contribution >= 4 is 23.1 Å². The van der Waals surface area contributed by atoms with Crippen LogP contribution in [0.1, 0.15) is 21.1 Å². The number of nitrogens with zero attached hydrogens (tertiary/aromatic N) is 3. The molecule has 0 spiro atoms. The zero-order chi connectivity index (χ0) is 15.5. The number of amides is 1. The number of thiazole rings is 1. The van der Waals surface area contributed by atoms with Crippen LogP contribution in [0.5, 0.6) is 0 Å². The van der Waals surface area contributed by atoms with E-state index in [4.69, 9.17) is 0 Å². The van der Waals surface area contributed by atoms with Crippen molar-refractivity contribution in [3.8, 4) is 0 Å². The number of benzene rings is 1. The van der Waals surface area contributed by atoms with Crippen LogP contribution in [0.2, 0.25) is 0 Å². The molecular formula is C15H13FN4OS. The molecule has 0 aliphatic carbocycles. The molecule has 3 rings (SSSR count). The number of hydrogen-bond acceptors (Lipinski definition) is 4. The average molecular weight is 316 g/mol. The monoisotopic (exact) mass is 316 g/mol. The van der Waals surface area contributed by atoms with E-state index in [2.05, 4.69) is 15.4 Å². The highest BCUT2D eigenvalue weighted by atomic mass is 32.1. The maximum absolute atomic E-state index is 12.9. The Morgan fingerprint density at radius 2 is 2.09 bits per heavy atom. The molecule has 0 saturated carbocycles. The van der Waals surface area contributed by atoms with Gasteiger partial charge in [-0.05, 0) is 24.6 Å². The summed E-state index contributed by atoms with van der Waals surface area (Å²) in [5.41, 5.74) is 1.31. The molecular weight excluding hydrogens is 303 g/mol. The van der Waals surface area contributed by atoms with Gasteiger partial charge in [0.25, 0.3) is 5.91 Å². The lowest BCUT2D eigenvalue weighted by molar-refractivity contribution is 0.102. The van der Waals surface area contributed by atoms with Gasteiger partial charge in [-0.3, -0.25) is 9.48 Å². The Morgan fingerprint density at radius 3 is 2.77 bits per heavy atom. The highest BCUT2D eigenvalue weighted by Crippen LogP contribution is 2.11. The normalized spacial score (nSPS) is 10.6. The van der Waals surface area contributed by atoms with E-state index >= 15 is 0 Å². The molecule has 1 N–H and O–H groups in total. The van der Waals surface area contributed by atoms with Gasteiger partial charge in [0.15, 0.2) is 5.82 Å². The van der Waals surface area contributed by atoms with Gasteiger partial charge in [0.2, 0.25) is 0 Å². The number of nitrogens with one attached hydrogen (secondary N) is 1. The number of aryl methyl sites for hydroxylation is 1. The second-order valence-electron chi connectivity index (χ2n) is 4.73. The van der Waals surface area contributed by atoms with Crippen molar-refractivity contribution in [1.29, 1.82) is 0 Å². The fourth-order valence-electron chi connectivity index (χ4n) is 1.94. The summed E-state index contributed by atoms with van der Waals surface area (Å²) in [5.74, 6) is -0.0927. The first kappa shape index (κ1) is 14.4. The maximum atomic E-state index is 12.9. The van der Waals surface area contributed by atoms with Crippen molar-refractivity contribution in [2.45, 2.75) is 13.5 Å². The van der Waals surface area contributed by atoms with Crippen LogP contribution in [0.4, 0.5) is 10.2 Å². The third-order valence-corrected chi connectivity index (χ3v) is 3.77. The fraction of sp³-hybridized carbons (Fsp3) is 0.133. The number of halogens is 1.